The molecule has 0 aliphatic carbocycles. The Balaban J connectivity index is 0.000000396. The second kappa shape index (κ2) is 4.08. The third-order valence-corrected chi connectivity index (χ3v) is 1.94. The van der Waals surface area contributed by atoms with Gasteiger partial charge in [0.25, 0.3) is 0 Å². The molecule has 1 N–H and O–H groups in total. The van der Waals surface area contributed by atoms with Crippen LogP contribution in [0, 0.1) is 12.7 Å². The van der Waals surface area contributed by atoms with Crippen molar-refractivity contribution in [3.05, 3.63) is 35.8 Å². The highest BCUT2D eigenvalue weighted by Crippen LogP contribution is 2.18. The molecule has 2 aromatic rings. The molecule has 0 bridgehead atoms. The molecular weight excluding hydrogens is 165 g/mol. The number of hydrogen-bond acceptors (Lipinski definition) is 0. The molecule has 0 radical (unpaired) electrons. The molecular formula is C11H14FN. The second-order valence-electron chi connectivity index (χ2n) is 2.61. The first-order chi connectivity index (χ1) is 6.29. The Hall–Kier alpha value is -1.31. The maximum absolute atomic E-state index is 12.9. The minimum absolute atomic E-state index is 0.142. The van der Waals surface area contributed by atoms with Crippen molar-refractivity contribution in [1.29, 1.82) is 0 Å². The van der Waals surface area contributed by atoms with Crippen molar-refractivity contribution in [2.75, 3.05) is 0 Å². The van der Waals surface area contributed by atoms with E-state index < -0.39 is 0 Å². The molecule has 1 heterocycles. The normalized spacial score (nSPS) is 9.54. The molecule has 2 rings (SSSR count). The summed E-state index contributed by atoms with van der Waals surface area (Å²) in [5.41, 5.74) is 1.70. The Kier molecular flexibility index (Phi) is 3.07. The van der Waals surface area contributed by atoms with Crippen LogP contribution in [0.25, 0.3) is 10.9 Å². The van der Waals surface area contributed by atoms with Crippen LogP contribution in [0.15, 0.2) is 24.4 Å². The van der Waals surface area contributed by atoms with Gasteiger partial charge in [0.2, 0.25) is 0 Å². The van der Waals surface area contributed by atoms with Gasteiger partial charge in [0.15, 0.2) is 0 Å². The predicted molar refractivity (Wildman–Crippen MR) is 54.3 cm³/mol. The number of nitrogens with one attached hydrogen (secondary N) is 1. The molecule has 1 aromatic carbocycles. The molecule has 1 aromatic heterocycles. The zero-order chi connectivity index (χ0) is 9.84. The predicted octanol–water partition coefficient (Wildman–Crippen LogP) is 3.64. The summed E-state index contributed by atoms with van der Waals surface area (Å²) in [6.45, 7) is 5.78. The number of benzene rings is 1. The number of aryl methyl sites for hydroxylation is 1. The zero-order valence-electron chi connectivity index (χ0n) is 8.19. The van der Waals surface area contributed by atoms with Crippen LogP contribution in [-0.2, 0) is 0 Å². The van der Waals surface area contributed by atoms with Gasteiger partial charge in [-0.25, -0.2) is 4.39 Å². The van der Waals surface area contributed by atoms with Crippen LogP contribution in [0.5, 0.6) is 0 Å². The van der Waals surface area contributed by atoms with Crippen LogP contribution in [-0.4, -0.2) is 4.98 Å². The minimum Gasteiger partial charge on any atom is -0.361 e. The molecule has 1 nitrogen and oxygen atoms in total. The van der Waals surface area contributed by atoms with E-state index in [4.69, 9.17) is 0 Å². The molecule has 0 atom stereocenters. The van der Waals surface area contributed by atoms with Crippen LogP contribution >= 0.6 is 0 Å². The van der Waals surface area contributed by atoms with Crippen molar-refractivity contribution in [1.82, 2.24) is 4.98 Å². The Morgan fingerprint density at radius 3 is 2.54 bits per heavy atom. The summed E-state index contributed by atoms with van der Waals surface area (Å²) in [5.74, 6) is -0.142. The number of fused-ring (bicyclic) bond motifs is 1. The highest BCUT2D eigenvalue weighted by Gasteiger charge is 2.01. The number of aromatic nitrogens is 1. The summed E-state index contributed by atoms with van der Waals surface area (Å²) in [7, 11) is 0. The molecule has 0 aliphatic rings. The fourth-order valence-electron chi connectivity index (χ4n) is 1.26. The number of halogens is 1. The first-order valence-corrected chi connectivity index (χ1v) is 4.51. The number of hydrogen-bond donors (Lipinski definition) is 1. The van der Waals surface area contributed by atoms with Gasteiger partial charge in [-0.15, -0.1) is 0 Å². The largest absolute Gasteiger partial charge is 0.361 e. The molecule has 2 heteroatoms. The van der Waals surface area contributed by atoms with Gasteiger partial charge in [0, 0.05) is 17.1 Å². The van der Waals surface area contributed by atoms with E-state index in [2.05, 4.69) is 4.98 Å². The Morgan fingerprint density at radius 2 is 1.85 bits per heavy atom. The van der Waals surface area contributed by atoms with Crippen LogP contribution < -0.4 is 0 Å². The van der Waals surface area contributed by atoms with Gasteiger partial charge in [0.1, 0.15) is 5.82 Å². The van der Waals surface area contributed by atoms with Gasteiger partial charge < -0.3 is 4.98 Å². The second-order valence-corrected chi connectivity index (χ2v) is 2.61. The summed E-state index contributed by atoms with van der Waals surface area (Å²) < 4.78 is 12.9. The van der Waals surface area contributed by atoms with Crippen molar-refractivity contribution in [3.8, 4) is 0 Å². The van der Waals surface area contributed by atoms with E-state index >= 15 is 0 Å². The average molecular weight is 179 g/mol. The summed E-state index contributed by atoms with van der Waals surface area (Å²) >= 11 is 0. The summed E-state index contributed by atoms with van der Waals surface area (Å²) in [6.07, 6.45) is 1.82. The van der Waals surface area contributed by atoms with E-state index in [-0.39, 0.29) is 5.82 Å². The van der Waals surface area contributed by atoms with Gasteiger partial charge in [0.05, 0.1) is 0 Å². The van der Waals surface area contributed by atoms with Crippen molar-refractivity contribution in [2.24, 2.45) is 0 Å². The quantitative estimate of drug-likeness (QED) is 0.635. The lowest BCUT2D eigenvalue weighted by Crippen LogP contribution is -1.81. The van der Waals surface area contributed by atoms with Gasteiger partial charge >= 0.3 is 0 Å². The molecule has 0 saturated carbocycles. The van der Waals surface area contributed by atoms with Gasteiger partial charge in [-0.1, -0.05) is 13.8 Å². The fourth-order valence-corrected chi connectivity index (χ4v) is 1.26. The van der Waals surface area contributed by atoms with Crippen molar-refractivity contribution >= 4 is 10.9 Å². The number of rotatable bonds is 0. The minimum atomic E-state index is -0.142. The molecule has 70 valence electrons. The van der Waals surface area contributed by atoms with E-state index in [1.807, 2.05) is 26.1 Å². The highest BCUT2D eigenvalue weighted by atomic mass is 19.1. The lowest BCUT2D eigenvalue weighted by Gasteiger charge is -1.96. The van der Waals surface area contributed by atoms with Crippen LogP contribution in [0.2, 0.25) is 0 Å². The third-order valence-electron chi connectivity index (χ3n) is 1.94. The maximum Gasteiger partial charge on any atom is 0.126 e. The van der Waals surface area contributed by atoms with Crippen molar-refractivity contribution in [3.63, 3.8) is 0 Å². The molecule has 0 unspecified atom stereocenters. The zero-order valence-corrected chi connectivity index (χ0v) is 8.19. The van der Waals surface area contributed by atoms with Crippen LogP contribution in [0.4, 0.5) is 4.39 Å². The standard InChI is InChI=1S/C9H8FN.C2H6/c1-6-7-4-5-11-9(7)3-2-8(6)10;1-2/h2-5,11H,1H3;1-2H3. The molecule has 0 amide bonds. The summed E-state index contributed by atoms with van der Waals surface area (Å²) in [6, 6.07) is 5.11. The van der Waals surface area contributed by atoms with Crippen LogP contribution in [0.1, 0.15) is 19.4 Å². The number of aromatic amines is 1. The average Bonchev–Trinajstić information content (AvgIpc) is 2.63. The SMILES string of the molecule is CC.Cc1c(F)ccc2[nH]ccc12. The molecule has 13 heavy (non-hydrogen) atoms. The van der Waals surface area contributed by atoms with Gasteiger partial charge in [-0.3, -0.25) is 0 Å². The maximum atomic E-state index is 12.9. The first kappa shape index (κ1) is 9.78. The lowest BCUT2D eigenvalue weighted by molar-refractivity contribution is 0.621. The molecule has 0 saturated heterocycles. The monoisotopic (exact) mass is 179 g/mol. The smallest absolute Gasteiger partial charge is 0.126 e. The van der Waals surface area contributed by atoms with E-state index in [1.165, 1.54) is 6.07 Å². The first-order valence-electron chi connectivity index (χ1n) is 4.51. The lowest BCUT2D eigenvalue weighted by atomic mass is 10.1. The van der Waals surface area contributed by atoms with E-state index in [1.54, 1.807) is 13.0 Å². The molecule has 0 aliphatic heterocycles. The molecule has 0 fully saturated rings. The van der Waals surface area contributed by atoms with Crippen molar-refractivity contribution < 1.29 is 4.39 Å². The Morgan fingerprint density at radius 1 is 1.15 bits per heavy atom. The van der Waals surface area contributed by atoms with Crippen LogP contribution in [0.3, 0.4) is 0 Å². The van der Waals surface area contributed by atoms with Gasteiger partial charge in [-0.2, -0.15) is 0 Å². The Bertz CT molecular complexity index is 390. The van der Waals surface area contributed by atoms with Gasteiger partial charge in [-0.05, 0) is 30.7 Å². The summed E-state index contributed by atoms with van der Waals surface area (Å²) in [4.78, 5) is 3.02. The fraction of sp³-hybridized carbons (Fsp3) is 0.273. The third kappa shape index (κ3) is 1.72. The van der Waals surface area contributed by atoms with E-state index in [0.717, 1.165) is 10.9 Å². The summed E-state index contributed by atoms with van der Waals surface area (Å²) in [5, 5.41) is 0.963. The number of H-pyrrole nitrogens is 1. The topological polar surface area (TPSA) is 15.8 Å². The van der Waals surface area contributed by atoms with E-state index in [0.29, 0.717) is 5.56 Å². The van der Waals surface area contributed by atoms with E-state index in [9.17, 15) is 4.39 Å². The Labute approximate surface area is 77.6 Å². The molecule has 0 spiro atoms. The highest BCUT2D eigenvalue weighted by molar-refractivity contribution is 5.82. The van der Waals surface area contributed by atoms with Crippen molar-refractivity contribution in [2.45, 2.75) is 20.8 Å².